The first-order valence-electron chi connectivity index (χ1n) is 9.32. The highest BCUT2D eigenvalue weighted by Gasteiger charge is 2.25. The molecule has 0 fully saturated rings. The maximum Gasteiger partial charge on any atom is 0.161 e. The van der Waals surface area contributed by atoms with Crippen LogP contribution in [0.4, 0.5) is 4.39 Å². The number of benzene rings is 2. The van der Waals surface area contributed by atoms with Crippen LogP contribution in [0.15, 0.2) is 54.7 Å². The number of aromatic nitrogens is 3. The molecule has 0 bridgehead atoms. The van der Waals surface area contributed by atoms with E-state index in [9.17, 15) is 9.50 Å². The van der Waals surface area contributed by atoms with Crippen molar-refractivity contribution in [3.8, 4) is 50.9 Å². The molecule has 0 amide bonds. The smallest absolute Gasteiger partial charge is 0.161 e. The highest BCUT2D eigenvalue weighted by molar-refractivity contribution is 6.36. The third kappa shape index (κ3) is 4.04. The summed E-state index contributed by atoms with van der Waals surface area (Å²) in [4.78, 5) is 4.39. The molecule has 6 nitrogen and oxygen atoms in total. The van der Waals surface area contributed by atoms with E-state index in [4.69, 9.17) is 32.7 Å². The Bertz CT molecular complexity index is 1320. The van der Waals surface area contributed by atoms with E-state index in [2.05, 4.69) is 15.2 Å². The molecule has 162 valence electrons. The third-order valence-corrected chi connectivity index (χ3v) is 5.32. The molecule has 32 heavy (non-hydrogen) atoms. The first-order valence-corrected chi connectivity index (χ1v) is 10.1. The summed E-state index contributed by atoms with van der Waals surface area (Å²) in [6, 6.07) is 12.3. The Morgan fingerprint density at radius 1 is 0.875 bits per heavy atom. The lowest BCUT2D eigenvalue weighted by molar-refractivity contribution is 0.408. The number of hydrogen-bond donors (Lipinski definition) is 1. The zero-order valence-electron chi connectivity index (χ0n) is 16.9. The second-order valence-corrected chi connectivity index (χ2v) is 7.46. The Balaban J connectivity index is 2.12. The van der Waals surface area contributed by atoms with Gasteiger partial charge in [-0.2, -0.15) is 0 Å². The van der Waals surface area contributed by atoms with Crippen molar-refractivity contribution >= 4 is 23.2 Å². The van der Waals surface area contributed by atoms with E-state index < -0.39 is 5.82 Å². The van der Waals surface area contributed by atoms with Gasteiger partial charge in [0.2, 0.25) is 0 Å². The van der Waals surface area contributed by atoms with Crippen molar-refractivity contribution in [1.82, 2.24) is 15.2 Å². The Morgan fingerprint density at radius 3 is 2.31 bits per heavy atom. The van der Waals surface area contributed by atoms with E-state index in [-0.39, 0.29) is 27.2 Å². The molecule has 0 aliphatic rings. The van der Waals surface area contributed by atoms with Crippen LogP contribution in [0.2, 0.25) is 10.2 Å². The molecule has 0 spiro atoms. The van der Waals surface area contributed by atoms with Crippen molar-refractivity contribution in [2.24, 2.45) is 0 Å². The van der Waals surface area contributed by atoms with Crippen LogP contribution in [0.3, 0.4) is 0 Å². The average Bonchev–Trinajstić information content (AvgIpc) is 2.79. The second-order valence-electron chi connectivity index (χ2n) is 6.69. The Morgan fingerprint density at radius 2 is 1.62 bits per heavy atom. The molecule has 1 N–H and O–H groups in total. The first-order chi connectivity index (χ1) is 15.4. The topological polar surface area (TPSA) is 77.4 Å². The number of methoxy groups -OCH3 is 2. The van der Waals surface area contributed by atoms with Gasteiger partial charge in [0, 0.05) is 23.3 Å². The van der Waals surface area contributed by atoms with Crippen molar-refractivity contribution in [3.63, 3.8) is 0 Å². The van der Waals surface area contributed by atoms with E-state index in [1.54, 1.807) is 30.3 Å². The Labute approximate surface area is 193 Å². The number of nitrogens with zero attached hydrogens (tertiary/aromatic N) is 3. The summed E-state index contributed by atoms with van der Waals surface area (Å²) >= 11 is 13.0. The monoisotopic (exact) mass is 471 g/mol. The van der Waals surface area contributed by atoms with E-state index in [0.29, 0.717) is 33.9 Å². The van der Waals surface area contributed by atoms with E-state index in [1.807, 2.05) is 0 Å². The first kappa shape index (κ1) is 21.8. The van der Waals surface area contributed by atoms with Crippen LogP contribution in [0.25, 0.3) is 33.6 Å². The maximum atomic E-state index is 14.8. The Hall–Kier alpha value is -3.42. The normalized spacial score (nSPS) is 10.8. The summed E-state index contributed by atoms with van der Waals surface area (Å²) in [5, 5.41) is 18.7. The fourth-order valence-corrected chi connectivity index (χ4v) is 3.79. The molecule has 4 aromatic rings. The van der Waals surface area contributed by atoms with Crippen molar-refractivity contribution in [2.75, 3.05) is 14.2 Å². The molecule has 0 aliphatic heterocycles. The van der Waals surface area contributed by atoms with E-state index in [0.717, 1.165) is 0 Å². The second kappa shape index (κ2) is 8.98. The van der Waals surface area contributed by atoms with Crippen LogP contribution in [0, 0.1) is 5.82 Å². The molecule has 2 heterocycles. The number of pyridine rings is 1. The van der Waals surface area contributed by atoms with Gasteiger partial charge in [-0.05, 0) is 29.8 Å². The summed E-state index contributed by atoms with van der Waals surface area (Å²) in [7, 11) is 2.96. The van der Waals surface area contributed by atoms with Gasteiger partial charge in [0.1, 0.15) is 28.8 Å². The molecule has 2 aromatic heterocycles. The van der Waals surface area contributed by atoms with Gasteiger partial charge in [-0.25, -0.2) is 4.39 Å². The van der Waals surface area contributed by atoms with E-state index in [1.165, 1.54) is 38.6 Å². The van der Waals surface area contributed by atoms with Crippen LogP contribution in [0.5, 0.6) is 17.2 Å². The third-order valence-electron chi connectivity index (χ3n) is 4.76. The number of phenols is 1. The van der Waals surface area contributed by atoms with Gasteiger partial charge in [0.15, 0.2) is 5.15 Å². The Kier molecular flexibility index (Phi) is 6.12. The van der Waals surface area contributed by atoms with Crippen molar-refractivity contribution < 1.29 is 19.0 Å². The minimum absolute atomic E-state index is 0.00182. The summed E-state index contributed by atoms with van der Waals surface area (Å²) in [6.45, 7) is 0. The maximum absolute atomic E-state index is 14.8. The van der Waals surface area contributed by atoms with Gasteiger partial charge in [0.25, 0.3) is 0 Å². The summed E-state index contributed by atoms with van der Waals surface area (Å²) in [6.07, 6.45) is 1.48. The predicted molar refractivity (Wildman–Crippen MR) is 121 cm³/mol. The van der Waals surface area contributed by atoms with Crippen molar-refractivity contribution in [2.45, 2.75) is 0 Å². The summed E-state index contributed by atoms with van der Waals surface area (Å²) in [5.41, 5.74) is 1.84. The van der Waals surface area contributed by atoms with Crippen molar-refractivity contribution in [1.29, 1.82) is 0 Å². The zero-order valence-corrected chi connectivity index (χ0v) is 18.4. The van der Waals surface area contributed by atoms with Crippen LogP contribution in [-0.4, -0.2) is 34.5 Å². The molecular weight excluding hydrogens is 456 g/mol. The number of ether oxygens (including phenoxy) is 2. The molecule has 4 rings (SSSR count). The molecule has 2 aromatic carbocycles. The molecule has 9 heteroatoms. The van der Waals surface area contributed by atoms with Crippen LogP contribution in [0.1, 0.15) is 0 Å². The lowest BCUT2D eigenvalue weighted by Gasteiger charge is -2.17. The van der Waals surface area contributed by atoms with Crippen LogP contribution in [-0.2, 0) is 0 Å². The molecule has 0 atom stereocenters. The highest BCUT2D eigenvalue weighted by Crippen LogP contribution is 2.45. The van der Waals surface area contributed by atoms with E-state index >= 15 is 0 Å². The van der Waals surface area contributed by atoms with Gasteiger partial charge in [-0.1, -0.05) is 35.3 Å². The summed E-state index contributed by atoms with van der Waals surface area (Å²) in [5.74, 6) is 0.266. The number of phenolic OH excluding ortho intramolecular Hbond substituents is 1. The molecule has 0 saturated carbocycles. The van der Waals surface area contributed by atoms with Gasteiger partial charge in [-0.3, -0.25) is 4.98 Å². The van der Waals surface area contributed by atoms with Gasteiger partial charge < -0.3 is 14.6 Å². The SMILES string of the molecule is COc1cc(O)cc(-c2c(-c3ccccc3F)nnc(Cl)c2-c2ncc(OC)cc2Cl)c1. The minimum Gasteiger partial charge on any atom is -0.508 e. The number of halogens is 3. The standard InChI is InChI=1S/C23H16Cl2FN3O3/c1-31-14-8-12(7-13(30)9-14)19-20(22-17(24)10-15(32-2)11-27-22)23(25)29-28-21(19)16-5-3-4-6-18(16)26/h3-11,30H,1-2H3. The van der Waals surface area contributed by atoms with Crippen molar-refractivity contribution in [3.05, 3.63) is 70.7 Å². The summed E-state index contributed by atoms with van der Waals surface area (Å²) < 4.78 is 25.2. The molecular formula is C23H16Cl2FN3O3. The number of aromatic hydroxyl groups is 1. The quantitative estimate of drug-likeness (QED) is 0.382. The predicted octanol–water partition coefficient (Wildman–Crippen LogP) is 6.04. The lowest BCUT2D eigenvalue weighted by Crippen LogP contribution is -2.01. The molecule has 0 saturated heterocycles. The number of hydrogen-bond acceptors (Lipinski definition) is 6. The highest BCUT2D eigenvalue weighted by atomic mass is 35.5. The fourth-order valence-electron chi connectivity index (χ4n) is 3.32. The van der Waals surface area contributed by atoms with Crippen LogP contribution >= 0.6 is 23.2 Å². The van der Waals surface area contributed by atoms with Gasteiger partial charge >= 0.3 is 0 Å². The minimum atomic E-state index is -0.503. The zero-order chi connectivity index (χ0) is 22.8. The van der Waals surface area contributed by atoms with Gasteiger partial charge in [0.05, 0.1) is 36.7 Å². The molecule has 0 unspecified atom stereocenters. The largest absolute Gasteiger partial charge is 0.508 e. The molecule has 0 aliphatic carbocycles. The lowest BCUT2D eigenvalue weighted by atomic mass is 9.93. The molecule has 0 radical (unpaired) electrons. The average molecular weight is 472 g/mol. The van der Waals surface area contributed by atoms with Gasteiger partial charge in [-0.15, -0.1) is 10.2 Å². The fraction of sp³-hybridized carbons (Fsp3) is 0.0870. The van der Waals surface area contributed by atoms with Crippen LogP contribution < -0.4 is 9.47 Å². The number of rotatable bonds is 5.